The van der Waals surface area contributed by atoms with Crippen molar-refractivity contribution < 1.29 is 14.2 Å². The highest BCUT2D eigenvalue weighted by molar-refractivity contribution is 5.30. The normalized spacial score (nSPS) is 26.8. The molecule has 3 rings (SSSR count). The molecule has 1 saturated carbocycles. The summed E-state index contributed by atoms with van der Waals surface area (Å²) in [5.41, 5.74) is 1.18. The summed E-state index contributed by atoms with van der Waals surface area (Å²) >= 11 is 0. The van der Waals surface area contributed by atoms with Gasteiger partial charge in [-0.15, -0.1) is 0 Å². The fraction of sp³-hybridized carbons (Fsp3) is 0.647. The molecule has 1 aromatic carbocycles. The second kappa shape index (κ2) is 6.34. The third kappa shape index (κ3) is 3.39. The van der Waals surface area contributed by atoms with E-state index in [0.29, 0.717) is 12.6 Å². The van der Waals surface area contributed by atoms with E-state index in [1.807, 2.05) is 12.1 Å². The van der Waals surface area contributed by atoms with Crippen LogP contribution < -0.4 is 10.1 Å². The highest BCUT2D eigenvalue weighted by Gasteiger charge is 2.38. The molecule has 4 nitrogen and oxygen atoms in total. The second-order valence-electron chi connectivity index (χ2n) is 6.16. The number of hydrogen-bond acceptors (Lipinski definition) is 4. The topological polar surface area (TPSA) is 39.7 Å². The molecule has 0 spiro atoms. The number of methoxy groups -OCH3 is 2. The van der Waals surface area contributed by atoms with Crippen LogP contribution in [-0.2, 0) is 9.47 Å². The van der Waals surface area contributed by atoms with E-state index < -0.39 is 0 Å². The molecule has 0 aromatic heterocycles. The van der Waals surface area contributed by atoms with Crippen LogP contribution in [0.2, 0.25) is 0 Å². The Morgan fingerprint density at radius 1 is 1.29 bits per heavy atom. The minimum Gasteiger partial charge on any atom is -0.497 e. The van der Waals surface area contributed by atoms with Gasteiger partial charge < -0.3 is 19.5 Å². The van der Waals surface area contributed by atoms with E-state index in [4.69, 9.17) is 14.2 Å². The molecule has 1 aromatic rings. The Morgan fingerprint density at radius 3 is 2.57 bits per heavy atom. The molecule has 1 heterocycles. The summed E-state index contributed by atoms with van der Waals surface area (Å²) in [6, 6.07) is 8.82. The molecule has 2 unspecified atom stereocenters. The van der Waals surface area contributed by atoms with Gasteiger partial charge in [0.2, 0.25) is 0 Å². The Bertz CT molecular complexity index is 450. The maximum atomic E-state index is 5.71. The highest BCUT2D eigenvalue weighted by atomic mass is 16.5. The zero-order chi connectivity index (χ0) is 14.7. The average Bonchev–Trinajstić information content (AvgIpc) is 3.26. The van der Waals surface area contributed by atoms with Crippen LogP contribution in [-0.4, -0.2) is 39.6 Å². The summed E-state index contributed by atoms with van der Waals surface area (Å²) in [6.45, 7) is 2.33. The lowest BCUT2D eigenvalue weighted by Crippen LogP contribution is -2.44. The predicted octanol–water partition coefficient (Wildman–Crippen LogP) is 2.54. The van der Waals surface area contributed by atoms with Gasteiger partial charge in [-0.05, 0) is 36.5 Å². The lowest BCUT2D eigenvalue weighted by atomic mass is 9.98. The van der Waals surface area contributed by atoms with Gasteiger partial charge in [-0.1, -0.05) is 12.1 Å². The van der Waals surface area contributed by atoms with Crippen molar-refractivity contribution in [3.05, 3.63) is 29.8 Å². The minimum atomic E-state index is -0.153. The highest BCUT2D eigenvalue weighted by Crippen LogP contribution is 2.41. The first-order valence-electron chi connectivity index (χ1n) is 7.76. The number of ether oxygens (including phenoxy) is 3. The molecular formula is C17H25NO3. The third-order valence-electron chi connectivity index (χ3n) is 4.71. The van der Waals surface area contributed by atoms with Gasteiger partial charge in [0.05, 0.1) is 13.7 Å². The van der Waals surface area contributed by atoms with Crippen molar-refractivity contribution in [1.29, 1.82) is 0 Å². The van der Waals surface area contributed by atoms with Gasteiger partial charge >= 0.3 is 0 Å². The molecule has 1 saturated heterocycles. The van der Waals surface area contributed by atoms with Crippen LogP contribution in [0, 0.1) is 5.92 Å². The van der Waals surface area contributed by atoms with Crippen molar-refractivity contribution in [2.75, 3.05) is 34.0 Å². The molecule has 1 aliphatic heterocycles. The van der Waals surface area contributed by atoms with E-state index >= 15 is 0 Å². The average molecular weight is 291 g/mol. The summed E-state index contributed by atoms with van der Waals surface area (Å²) in [7, 11) is 3.49. The molecule has 0 amide bonds. The molecule has 1 N–H and O–H groups in total. The zero-order valence-corrected chi connectivity index (χ0v) is 12.9. The Balaban J connectivity index is 1.66. The van der Waals surface area contributed by atoms with Gasteiger partial charge in [0.1, 0.15) is 11.4 Å². The first-order chi connectivity index (χ1) is 10.3. The Kier molecular flexibility index (Phi) is 4.48. The molecular weight excluding hydrogens is 266 g/mol. The molecule has 2 atom stereocenters. The maximum Gasteiger partial charge on any atom is 0.118 e. The van der Waals surface area contributed by atoms with Gasteiger partial charge in [0, 0.05) is 32.7 Å². The molecule has 4 heteroatoms. The summed E-state index contributed by atoms with van der Waals surface area (Å²) < 4.78 is 16.5. The van der Waals surface area contributed by atoms with Crippen LogP contribution in [0.15, 0.2) is 24.3 Å². The summed E-state index contributed by atoms with van der Waals surface area (Å²) in [5, 5.41) is 3.72. The molecule has 116 valence electrons. The zero-order valence-electron chi connectivity index (χ0n) is 12.9. The van der Waals surface area contributed by atoms with Crippen molar-refractivity contribution in [2.45, 2.75) is 30.9 Å². The monoisotopic (exact) mass is 291 g/mol. The Hall–Kier alpha value is -1.10. The van der Waals surface area contributed by atoms with Gasteiger partial charge in [-0.3, -0.25) is 0 Å². The number of benzene rings is 1. The molecule has 2 fully saturated rings. The van der Waals surface area contributed by atoms with Crippen molar-refractivity contribution in [3.8, 4) is 5.75 Å². The standard InChI is InChI=1S/C17H25NO3/c1-19-15-7-5-14(6-8-15)16(13-3-4-13)18-11-17(20-2)9-10-21-12-17/h5-8,13,16,18H,3-4,9-12H2,1-2H3. The van der Waals surface area contributed by atoms with Crippen LogP contribution in [0.1, 0.15) is 30.9 Å². The van der Waals surface area contributed by atoms with Crippen LogP contribution in [0.4, 0.5) is 0 Å². The smallest absolute Gasteiger partial charge is 0.118 e. The molecule has 1 aliphatic carbocycles. The Morgan fingerprint density at radius 2 is 2.05 bits per heavy atom. The summed E-state index contributed by atoms with van der Waals surface area (Å²) in [6.07, 6.45) is 3.58. The number of nitrogens with one attached hydrogen (secondary N) is 1. The predicted molar refractivity (Wildman–Crippen MR) is 81.6 cm³/mol. The molecule has 0 bridgehead atoms. The lowest BCUT2D eigenvalue weighted by molar-refractivity contribution is -0.0179. The van der Waals surface area contributed by atoms with Crippen molar-refractivity contribution in [3.63, 3.8) is 0 Å². The van der Waals surface area contributed by atoms with E-state index in [9.17, 15) is 0 Å². The van der Waals surface area contributed by atoms with Crippen LogP contribution in [0.25, 0.3) is 0 Å². The third-order valence-corrected chi connectivity index (χ3v) is 4.71. The second-order valence-corrected chi connectivity index (χ2v) is 6.16. The molecule has 0 radical (unpaired) electrons. The van der Waals surface area contributed by atoms with Crippen molar-refractivity contribution in [1.82, 2.24) is 5.32 Å². The quantitative estimate of drug-likeness (QED) is 0.838. The van der Waals surface area contributed by atoms with Crippen molar-refractivity contribution in [2.24, 2.45) is 5.92 Å². The van der Waals surface area contributed by atoms with Crippen LogP contribution in [0.5, 0.6) is 5.75 Å². The van der Waals surface area contributed by atoms with Gasteiger partial charge in [-0.25, -0.2) is 0 Å². The van der Waals surface area contributed by atoms with E-state index in [1.54, 1.807) is 14.2 Å². The van der Waals surface area contributed by atoms with E-state index in [2.05, 4.69) is 17.4 Å². The lowest BCUT2D eigenvalue weighted by Gasteiger charge is -2.29. The summed E-state index contributed by atoms with van der Waals surface area (Å²) in [4.78, 5) is 0. The first-order valence-corrected chi connectivity index (χ1v) is 7.76. The molecule has 2 aliphatic rings. The molecule has 21 heavy (non-hydrogen) atoms. The van der Waals surface area contributed by atoms with Crippen LogP contribution >= 0.6 is 0 Å². The van der Waals surface area contributed by atoms with E-state index in [0.717, 1.165) is 31.2 Å². The van der Waals surface area contributed by atoms with Gasteiger partial charge in [-0.2, -0.15) is 0 Å². The van der Waals surface area contributed by atoms with Crippen LogP contribution in [0.3, 0.4) is 0 Å². The van der Waals surface area contributed by atoms with Crippen molar-refractivity contribution >= 4 is 0 Å². The number of hydrogen-bond donors (Lipinski definition) is 1. The Labute approximate surface area is 126 Å². The van der Waals surface area contributed by atoms with E-state index in [1.165, 1.54) is 18.4 Å². The first kappa shape index (κ1) is 14.8. The SMILES string of the molecule is COc1ccc(C(NCC2(OC)CCOC2)C2CC2)cc1. The van der Waals surface area contributed by atoms with Gasteiger partial charge in [0.15, 0.2) is 0 Å². The van der Waals surface area contributed by atoms with E-state index in [-0.39, 0.29) is 5.60 Å². The fourth-order valence-corrected chi connectivity index (χ4v) is 3.05. The number of rotatable bonds is 7. The largest absolute Gasteiger partial charge is 0.497 e. The summed E-state index contributed by atoms with van der Waals surface area (Å²) in [5.74, 6) is 1.65. The fourth-order valence-electron chi connectivity index (χ4n) is 3.05. The maximum absolute atomic E-state index is 5.71. The minimum absolute atomic E-state index is 0.153. The van der Waals surface area contributed by atoms with Gasteiger partial charge in [0.25, 0.3) is 0 Å².